The Balaban J connectivity index is 2.42. The molecule has 0 fully saturated rings. The first-order valence-electron chi connectivity index (χ1n) is 6.43. The number of phenolic OH excluding ortho intramolecular Hbond substituents is 1. The lowest BCUT2D eigenvalue weighted by Crippen LogP contribution is -1.99. The number of carboxylic acid groups (broad SMARTS) is 1. The summed E-state index contributed by atoms with van der Waals surface area (Å²) in [4.78, 5) is 11.4. The molecule has 102 valence electrons. The number of aryl methyl sites for hydroxylation is 1. The molecule has 0 atom stereocenters. The van der Waals surface area contributed by atoms with Crippen molar-refractivity contribution in [3.8, 4) is 5.75 Å². The lowest BCUT2D eigenvalue weighted by Gasteiger charge is -2.05. The Hall–Kier alpha value is -2.55. The largest absolute Gasteiger partial charge is 0.508 e. The predicted octanol–water partition coefficient (Wildman–Crippen LogP) is 3.58. The van der Waals surface area contributed by atoms with Gasteiger partial charge in [-0.1, -0.05) is 43.3 Å². The van der Waals surface area contributed by atoms with Crippen LogP contribution < -0.4 is 0 Å². The van der Waals surface area contributed by atoms with Gasteiger partial charge >= 0.3 is 5.97 Å². The molecule has 0 aliphatic rings. The number of rotatable bonds is 4. The van der Waals surface area contributed by atoms with Crippen molar-refractivity contribution >= 4 is 17.6 Å². The third kappa shape index (κ3) is 3.26. The number of carbonyl (C=O) groups is 1. The summed E-state index contributed by atoms with van der Waals surface area (Å²) in [6.45, 7) is 2.05. The third-order valence-electron chi connectivity index (χ3n) is 3.08. The molecule has 20 heavy (non-hydrogen) atoms. The monoisotopic (exact) mass is 268 g/mol. The maximum atomic E-state index is 11.4. The van der Waals surface area contributed by atoms with Crippen molar-refractivity contribution in [1.29, 1.82) is 0 Å². The average Bonchev–Trinajstić information content (AvgIpc) is 2.45. The van der Waals surface area contributed by atoms with E-state index in [0.717, 1.165) is 12.0 Å². The van der Waals surface area contributed by atoms with Crippen LogP contribution in [-0.2, 0) is 11.2 Å². The fourth-order valence-electron chi connectivity index (χ4n) is 1.97. The van der Waals surface area contributed by atoms with Crippen LogP contribution in [0.4, 0.5) is 0 Å². The van der Waals surface area contributed by atoms with Crippen LogP contribution in [0.15, 0.2) is 48.5 Å². The van der Waals surface area contributed by atoms with Gasteiger partial charge in [-0.3, -0.25) is 0 Å². The van der Waals surface area contributed by atoms with Crippen LogP contribution in [-0.4, -0.2) is 16.2 Å². The van der Waals surface area contributed by atoms with Gasteiger partial charge in [-0.2, -0.15) is 0 Å². The van der Waals surface area contributed by atoms with E-state index in [-0.39, 0.29) is 11.3 Å². The molecule has 0 aliphatic heterocycles. The highest BCUT2D eigenvalue weighted by atomic mass is 16.4. The molecule has 3 nitrogen and oxygen atoms in total. The van der Waals surface area contributed by atoms with Crippen molar-refractivity contribution in [2.24, 2.45) is 0 Å². The van der Waals surface area contributed by atoms with Gasteiger partial charge in [0.2, 0.25) is 0 Å². The lowest BCUT2D eigenvalue weighted by atomic mass is 10.0. The van der Waals surface area contributed by atoms with E-state index in [1.807, 2.05) is 24.3 Å². The first-order chi connectivity index (χ1) is 9.60. The van der Waals surface area contributed by atoms with E-state index >= 15 is 0 Å². The summed E-state index contributed by atoms with van der Waals surface area (Å²) >= 11 is 0. The molecule has 0 saturated heterocycles. The summed E-state index contributed by atoms with van der Waals surface area (Å²) in [6, 6.07) is 14.0. The third-order valence-corrected chi connectivity index (χ3v) is 3.08. The predicted molar refractivity (Wildman–Crippen MR) is 79.4 cm³/mol. The fraction of sp³-hybridized carbons (Fsp3) is 0.118. The maximum absolute atomic E-state index is 11.4. The summed E-state index contributed by atoms with van der Waals surface area (Å²) in [6.07, 6.45) is 2.47. The number of hydrogen-bond acceptors (Lipinski definition) is 2. The van der Waals surface area contributed by atoms with Crippen LogP contribution in [0.1, 0.15) is 23.6 Å². The van der Waals surface area contributed by atoms with Crippen molar-refractivity contribution in [3.05, 3.63) is 65.2 Å². The van der Waals surface area contributed by atoms with Gasteiger partial charge in [-0.05, 0) is 41.3 Å². The van der Waals surface area contributed by atoms with Crippen molar-refractivity contribution in [1.82, 2.24) is 0 Å². The molecule has 0 unspecified atom stereocenters. The molecule has 0 spiro atoms. The van der Waals surface area contributed by atoms with E-state index in [1.165, 1.54) is 6.07 Å². The van der Waals surface area contributed by atoms with E-state index in [0.29, 0.717) is 11.1 Å². The fourth-order valence-corrected chi connectivity index (χ4v) is 1.97. The number of phenols is 1. The van der Waals surface area contributed by atoms with E-state index < -0.39 is 5.97 Å². The number of hydrogen-bond donors (Lipinski definition) is 2. The van der Waals surface area contributed by atoms with E-state index in [1.54, 1.807) is 24.3 Å². The second-order valence-corrected chi connectivity index (χ2v) is 4.51. The molecule has 0 aliphatic carbocycles. The number of aliphatic carboxylic acids is 1. The van der Waals surface area contributed by atoms with Gasteiger partial charge in [0.1, 0.15) is 5.75 Å². The SMILES string of the molecule is CCc1ccc(/C(=C/c2cccc(O)c2)C(=O)O)cc1. The average molecular weight is 268 g/mol. The van der Waals surface area contributed by atoms with Crippen molar-refractivity contribution in [2.45, 2.75) is 13.3 Å². The van der Waals surface area contributed by atoms with Crippen LogP contribution in [0.3, 0.4) is 0 Å². The molecule has 0 saturated carbocycles. The van der Waals surface area contributed by atoms with Gasteiger partial charge in [-0.15, -0.1) is 0 Å². The molecule has 2 aromatic rings. The molecule has 2 N–H and O–H groups in total. The summed E-state index contributed by atoms with van der Waals surface area (Å²) in [5, 5.41) is 18.8. The Morgan fingerprint density at radius 1 is 1.15 bits per heavy atom. The van der Waals surface area contributed by atoms with Gasteiger partial charge in [0.05, 0.1) is 5.57 Å². The molecule has 0 bridgehead atoms. The molecule has 2 rings (SSSR count). The van der Waals surface area contributed by atoms with Gasteiger partial charge in [0, 0.05) is 0 Å². The van der Waals surface area contributed by atoms with Crippen LogP contribution >= 0.6 is 0 Å². The summed E-state index contributed by atoms with van der Waals surface area (Å²) in [5.41, 5.74) is 2.68. The van der Waals surface area contributed by atoms with Gasteiger partial charge < -0.3 is 10.2 Å². The Bertz CT molecular complexity index is 640. The van der Waals surface area contributed by atoms with Crippen LogP contribution in [0.25, 0.3) is 11.6 Å². The Labute approximate surface area is 117 Å². The van der Waals surface area contributed by atoms with Crippen LogP contribution in [0.2, 0.25) is 0 Å². The molecule has 0 aromatic heterocycles. The van der Waals surface area contributed by atoms with Gasteiger partial charge in [0.15, 0.2) is 0 Å². The topological polar surface area (TPSA) is 57.5 Å². The standard InChI is InChI=1S/C17H16O3/c1-2-12-6-8-14(9-7-12)16(17(19)20)11-13-4-3-5-15(18)10-13/h3-11,18H,2H2,1H3,(H,19,20)/b16-11-. The molecule has 2 aromatic carbocycles. The number of carboxylic acids is 1. The second-order valence-electron chi connectivity index (χ2n) is 4.51. The first kappa shape index (κ1) is 13.9. The summed E-state index contributed by atoms with van der Waals surface area (Å²) < 4.78 is 0. The van der Waals surface area contributed by atoms with Crippen LogP contribution in [0, 0.1) is 0 Å². The minimum absolute atomic E-state index is 0.116. The highest BCUT2D eigenvalue weighted by Crippen LogP contribution is 2.21. The molecular formula is C17H16O3. The molecule has 0 amide bonds. The number of aromatic hydroxyl groups is 1. The summed E-state index contributed by atoms with van der Waals surface area (Å²) in [7, 11) is 0. The minimum Gasteiger partial charge on any atom is -0.508 e. The zero-order chi connectivity index (χ0) is 14.5. The summed E-state index contributed by atoms with van der Waals surface area (Å²) in [5.74, 6) is -0.873. The zero-order valence-corrected chi connectivity index (χ0v) is 11.2. The maximum Gasteiger partial charge on any atom is 0.336 e. The number of benzene rings is 2. The lowest BCUT2D eigenvalue weighted by molar-refractivity contribution is -0.130. The highest BCUT2D eigenvalue weighted by Gasteiger charge is 2.10. The Morgan fingerprint density at radius 3 is 2.40 bits per heavy atom. The Morgan fingerprint density at radius 2 is 1.85 bits per heavy atom. The second kappa shape index (κ2) is 6.06. The van der Waals surface area contributed by atoms with Crippen LogP contribution in [0.5, 0.6) is 5.75 Å². The van der Waals surface area contributed by atoms with Crippen molar-refractivity contribution in [3.63, 3.8) is 0 Å². The van der Waals surface area contributed by atoms with Gasteiger partial charge in [-0.25, -0.2) is 4.79 Å². The molecular weight excluding hydrogens is 252 g/mol. The Kier molecular flexibility index (Phi) is 4.20. The molecule has 3 heteroatoms. The first-order valence-corrected chi connectivity index (χ1v) is 6.43. The normalized spacial score (nSPS) is 11.3. The quantitative estimate of drug-likeness (QED) is 0.658. The van der Waals surface area contributed by atoms with Crippen molar-refractivity contribution in [2.75, 3.05) is 0 Å². The smallest absolute Gasteiger partial charge is 0.336 e. The molecule has 0 radical (unpaired) electrons. The van der Waals surface area contributed by atoms with Gasteiger partial charge in [0.25, 0.3) is 0 Å². The molecule has 0 heterocycles. The van der Waals surface area contributed by atoms with E-state index in [9.17, 15) is 15.0 Å². The zero-order valence-electron chi connectivity index (χ0n) is 11.2. The highest BCUT2D eigenvalue weighted by molar-refractivity contribution is 6.20. The van der Waals surface area contributed by atoms with E-state index in [4.69, 9.17) is 0 Å². The van der Waals surface area contributed by atoms with E-state index in [2.05, 4.69) is 6.92 Å². The van der Waals surface area contributed by atoms with Crippen molar-refractivity contribution < 1.29 is 15.0 Å². The minimum atomic E-state index is -0.988.